The molecule has 51 heavy (non-hydrogen) atoms. The third-order valence-corrected chi connectivity index (χ3v) is 12.2. The summed E-state index contributed by atoms with van der Waals surface area (Å²) in [5.41, 5.74) is 9.71. The number of aromatic nitrogens is 2. The van der Waals surface area contributed by atoms with E-state index in [1.165, 1.54) is 12.8 Å². The van der Waals surface area contributed by atoms with Gasteiger partial charge in [-0.3, -0.25) is 29.4 Å². The van der Waals surface area contributed by atoms with Gasteiger partial charge in [0.05, 0.1) is 29.0 Å². The van der Waals surface area contributed by atoms with Gasteiger partial charge in [0.1, 0.15) is 17.5 Å². The van der Waals surface area contributed by atoms with Crippen LogP contribution >= 0.6 is 0 Å². The highest BCUT2D eigenvalue weighted by Gasteiger charge is 2.55. The van der Waals surface area contributed by atoms with Crippen LogP contribution in [0.4, 0.5) is 5.82 Å². The average molecular weight is 687 g/mol. The molecule has 6 aliphatic rings. The van der Waals surface area contributed by atoms with Crippen LogP contribution in [0.1, 0.15) is 83.2 Å². The predicted molar refractivity (Wildman–Crippen MR) is 184 cm³/mol. The molecule has 260 valence electrons. The number of benzene rings is 2. The van der Waals surface area contributed by atoms with Gasteiger partial charge in [0, 0.05) is 29.4 Å². The molecule has 9 rings (SSSR count). The molecular formula is C39H38N6O6. The Morgan fingerprint density at radius 2 is 1.67 bits per heavy atom. The highest BCUT2D eigenvalue weighted by Crippen LogP contribution is 2.60. The van der Waals surface area contributed by atoms with Crippen LogP contribution in [-0.4, -0.2) is 80.5 Å². The molecule has 5 heterocycles. The van der Waals surface area contributed by atoms with Crippen molar-refractivity contribution in [3.05, 3.63) is 64.7 Å². The summed E-state index contributed by atoms with van der Waals surface area (Å²) >= 11 is 0. The Hall–Kier alpha value is -5.28. The van der Waals surface area contributed by atoms with Crippen LogP contribution in [0.2, 0.25) is 0 Å². The molecule has 2 saturated carbocycles. The lowest BCUT2D eigenvalue weighted by molar-refractivity contribution is -0.136. The third-order valence-electron chi connectivity index (χ3n) is 12.2. The van der Waals surface area contributed by atoms with Gasteiger partial charge in [0.25, 0.3) is 11.8 Å². The molecule has 2 aliphatic carbocycles. The van der Waals surface area contributed by atoms with Gasteiger partial charge < -0.3 is 20.5 Å². The highest BCUT2D eigenvalue weighted by atomic mass is 16.5. The third kappa shape index (κ3) is 5.33. The number of phenolic OH excluding ortho intramolecular Hbond substituents is 1. The van der Waals surface area contributed by atoms with E-state index in [1.807, 2.05) is 6.07 Å². The van der Waals surface area contributed by atoms with E-state index in [0.717, 1.165) is 55.7 Å². The van der Waals surface area contributed by atoms with E-state index in [0.29, 0.717) is 52.1 Å². The number of hydrogen-bond donors (Lipinski definition) is 3. The number of anilines is 1. The van der Waals surface area contributed by atoms with Gasteiger partial charge in [-0.2, -0.15) is 0 Å². The van der Waals surface area contributed by atoms with Crippen molar-refractivity contribution in [3.8, 4) is 34.6 Å². The lowest BCUT2D eigenvalue weighted by Crippen LogP contribution is -2.58. The summed E-state index contributed by atoms with van der Waals surface area (Å²) in [6.45, 7) is 2.58. The predicted octanol–water partition coefficient (Wildman–Crippen LogP) is 3.46. The van der Waals surface area contributed by atoms with E-state index in [2.05, 4.69) is 32.3 Å². The second-order valence-electron chi connectivity index (χ2n) is 15.4. The van der Waals surface area contributed by atoms with Crippen molar-refractivity contribution in [2.75, 3.05) is 25.4 Å². The van der Waals surface area contributed by atoms with Crippen LogP contribution in [0, 0.1) is 28.6 Å². The number of carbonyl (C=O) groups is 4. The van der Waals surface area contributed by atoms with Gasteiger partial charge in [-0.15, -0.1) is 10.2 Å². The van der Waals surface area contributed by atoms with Crippen LogP contribution in [0.15, 0.2) is 42.5 Å². The standard InChI is InChI=1S/C39H38N6O6/c40-34-23(14-29(42-43-34)26-3-1-2-4-31(26)46)6-5-22-16-39(17-22)19-25(20-39)44-11-9-38(10-12-44)18-24-13-27-28(15-32(24)51-21-38)37(50)45(36(27)49)30-7-8-33(47)41-35(30)48/h1-4,13-15,22,25,30,46H,7-12,16-21H2,(H2,40,43)(H,41,47,48). The normalized spacial score (nSPS) is 27.8. The number of ether oxygens (including phenoxy) is 1. The fourth-order valence-corrected chi connectivity index (χ4v) is 9.31. The number of imide groups is 2. The zero-order chi connectivity index (χ0) is 35.1. The minimum Gasteiger partial charge on any atom is -0.507 e. The molecule has 1 aromatic heterocycles. The van der Waals surface area contributed by atoms with Crippen LogP contribution in [0.25, 0.3) is 11.3 Å². The number of nitrogens with two attached hydrogens (primary N) is 1. The smallest absolute Gasteiger partial charge is 0.262 e. The Morgan fingerprint density at radius 3 is 2.41 bits per heavy atom. The molecule has 3 aromatic rings. The van der Waals surface area contributed by atoms with E-state index < -0.39 is 29.7 Å². The van der Waals surface area contributed by atoms with E-state index in [1.54, 1.807) is 36.4 Å². The molecule has 2 spiro atoms. The molecule has 1 atom stereocenters. The Bertz CT molecular complexity index is 2080. The molecule has 2 aromatic carbocycles. The number of fused-ring (bicyclic) bond motifs is 2. The topological polar surface area (TPSA) is 168 Å². The fraction of sp³-hybridized carbons (Fsp3) is 0.436. The molecule has 0 radical (unpaired) electrons. The van der Waals surface area contributed by atoms with Gasteiger partial charge in [-0.1, -0.05) is 24.0 Å². The summed E-state index contributed by atoms with van der Waals surface area (Å²) < 4.78 is 6.28. The molecule has 4 N–H and O–H groups in total. The minimum absolute atomic E-state index is 0.0198. The zero-order valence-corrected chi connectivity index (χ0v) is 28.1. The van der Waals surface area contributed by atoms with E-state index in [4.69, 9.17) is 10.5 Å². The van der Waals surface area contributed by atoms with E-state index >= 15 is 0 Å². The maximum absolute atomic E-state index is 13.4. The van der Waals surface area contributed by atoms with Crippen molar-refractivity contribution < 1.29 is 29.0 Å². The Balaban J connectivity index is 0.791. The highest BCUT2D eigenvalue weighted by molar-refractivity contribution is 6.23. The quantitative estimate of drug-likeness (QED) is 0.274. The first kappa shape index (κ1) is 31.7. The number of nitrogen functional groups attached to an aromatic ring is 1. The number of nitrogens with one attached hydrogen (secondary N) is 1. The number of likely N-dealkylation sites (tertiary alicyclic amines) is 1. The lowest BCUT2D eigenvalue weighted by Gasteiger charge is -2.60. The minimum atomic E-state index is -0.984. The number of nitrogens with zero attached hydrogens (tertiary/aromatic N) is 4. The number of piperidine rings is 2. The molecule has 12 heteroatoms. The Kier molecular flexibility index (Phi) is 7.23. The van der Waals surface area contributed by atoms with Gasteiger partial charge in [0.2, 0.25) is 11.8 Å². The first-order valence-corrected chi connectivity index (χ1v) is 17.8. The van der Waals surface area contributed by atoms with Crippen LogP contribution < -0.4 is 15.8 Å². The SMILES string of the molecule is Nc1nnc(-c2ccccc2O)cc1C#CC1CC2(C1)CC(N1CCC3(CC1)COc1cc4c(cc1C3)C(=O)N(C1CCC(=O)NC1=O)C4=O)C2. The largest absolute Gasteiger partial charge is 0.507 e. The fourth-order valence-electron chi connectivity index (χ4n) is 9.31. The van der Waals surface area contributed by atoms with Crippen LogP contribution in [0.3, 0.4) is 0 Å². The molecule has 0 bridgehead atoms. The summed E-state index contributed by atoms with van der Waals surface area (Å²) in [7, 11) is 0. The summed E-state index contributed by atoms with van der Waals surface area (Å²) in [6, 6.07) is 11.9. The average Bonchev–Trinajstić information content (AvgIpc) is 3.32. The maximum atomic E-state index is 13.4. The summed E-state index contributed by atoms with van der Waals surface area (Å²) in [4.78, 5) is 54.4. The number of hydrogen-bond acceptors (Lipinski definition) is 10. The van der Waals surface area contributed by atoms with E-state index in [9.17, 15) is 24.3 Å². The molecule has 4 amide bonds. The van der Waals surface area contributed by atoms with Gasteiger partial charge in [0.15, 0.2) is 5.82 Å². The second-order valence-corrected chi connectivity index (χ2v) is 15.4. The zero-order valence-electron chi connectivity index (χ0n) is 28.1. The Morgan fingerprint density at radius 1 is 0.922 bits per heavy atom. The monoisotopic (exact) mass is 686 g/mol. The Labute approximate surface area is 294 Å². The van der Waals surface area contributed by atoms with Crippen molar-refractivity contribution >= 4 is 29.4 Å². The van der Waals surface area contributed by atoms with Crippen molar-refractivity contribution in [3.63, 3.8) is 0 Å². The molecule has 4 aliphatic heterocycles. The number of rotatable bonds is 3. The first-order chi connectivity index (χ1) is 24.6. The molecule has 1 unspecified atom stereocenters. The maximum Gasteiger partial charge on any atom is 0.262 e. The summed E-state index contributed by atoms with van der Waals surface area (Å²) in [6.07, 6.45) is 7.58. The number of carbonyl (C=O) groups excluding carboxylic acids is 4. The first-order valence-electron chi connectivity index (χ1n) is 17.8. The van der Waals surface area contributed by atoms with Gasteiger partial charge in [-0.25, -0.2) is 0 Å². The van der Waals surface area contributed by atoms with Crippen molar-refractivity contribution in [1.82, 2.24) is 25.3 Å². The number of aromatic hydroxyl groups is 1. The van der Waals surface area contributed by atoms with Crippen molar-refractivity contribution in [2.45, 2.75) is 69.9 Å². The number of para-hydroxylation sites is 1. The molecular weight excluding hydrogens is 648 g/mol. The van der Waals surface area contributed by atoms with Crippen molar-refractivity contribution in [2.24, 2.45) is 16.7 Å². The van der Waals surface area contributed by atoms with Gasteiger partial charge >= 0.3 is 0 Å². The van der Waals surface area contributed by atoms with Gasteiger partial charge in [-0.05, 0) is 106 Å². The summed E-state index contributed by atoms with van der Waals surface area (Å²) in [5.74, 6) is 6.05. The summed E-state index contributed by atoms with van der Waals surface area (Å²) in [5, 5.41) is 20.7. The second kappa shape index (κ2) is 11.6. The number of phenols is 1. The molecule has 2 saturated heterocycles. The van der Waals surface area contributed by atoms with Crippen LogP contribution in [-0.2, 0) is 16.0 Å². The molecule has 4 fully saturated rings. The van der Waals surface area contributed by atoms with Crippen molar-refractivity contribution in [1.29, 1.82) is 0 Å². The lowest BCUT2D eigenvalue weighted by atomic mass is 9.49. The molecule has 12 nitrogen and oxygen atoms in total. The van der Waals surface area contributed by atoms with Crippen LogP contribution in [0.5, 0.6) is 11.5 Å². The number of amides is 4. The van der Waals surface area contributed by atoms with E-state index in [-0.39, 0.29) is 35.4 Å².